The molecule has 2 N–H and O–H groups in total. The van der Waals surface area contributed by atoms with Gasteiger partial charge < -0.3 is 20.1 Å². The Kier molecular flexibility index (Phi) is 8.05. The fourth-order valence-electron chi connectivity index (χ4n) is 3.11. The van der Waals surface area contributed by atoms with Crippen molar-refractivity contribution in [3.63, 3.8) is 0 Å². The summed E-state index contributed by atoms with van der Waals surface area (Å²) in [4.78, 5) is 4.23. The van der Waals surface area contributed by atoms with E-state index in [-0.39, 0.29) is 12.1 Å². The minimum absolute atomic E-state index is 0.233. The van der Waals surface area contributed by atoms with Gasteiger partial charge in [0.2, 0.25) is 0 Å². The minimum atomic E-state index is 0.233. The third kappa shape index (κ3) is 5.80. The van der Waals surface area contributed by atoms with Gasteiger partial charge >= 0.3 is 0 Å². The molecule has 0 radical (unpaired) electrons. The van der Waals surface area contributed by atoms with Crippen molar-refractivity contribution in [2.24, 2.45) is 4.99 Å². The molecule has 1 aliphatic rings. The Morgan fingerprint density at radius 2 is 2.21 bits per heavy atom. The third-order valence-electron chi connectivity index (χ3n) is 4.27. The van der Waals surface area contributed by atoms with Crippen LogP contribution in [0.1, 0.15) is 43.4 Å². The van der Waals surface area contributed by atoms with Crippen LogP contribution in [-0.4, -0.2) is 45.9 Å². The van der Waals surface area contributed by atoms with E-state index in [1.165, 1.54) is 24.0 Å². The molecule has 0 heterocycles. The van der Waals surface area contributed by atoms with E-state index in [1.807, 2.05) is 0 Å². The first-order chi connectivity index (χ1) is 11.7. The van der Waals surface area contributed by atoms with E-state index in [0.717, 1.165) is 32.0 Å². The van der Waals surface area contributed by atoms with Crippen LogP contribution in [0.25, 0.3) is 0 Å². The zero-order chi connectivity index (χ0) is 17.2. The highest BCUT2D eigenvalue weighted by molar-refractivity contribution is 5.79. The lowest BCUT2D eigenvalue weighted by atomic mass is 9.89. The lowest BCUT2D eigenvalue weighted by Crippen LogP contribution is -2.44. The number of aryl methyl sites for hydroxylation is 1. The number of methoxy groups -OCH3 is 1. The van der Waals surface area contributed by atoms with Crippen LogP contribution in [0, 0.1) is 0 Å². The standard InChI is InChI=1S/C19H31N3O2/c1-15(14-23-3)22-19(20-2)21-12-7-13-24-18-11-6-9-16-8-4-5-10-17(16)18/h4-5,8,10,15,18H,6-7,9,11-14H2,1-3H3,(H2,20,21,22). The fourth-order valence-corrected chi connectivity index (χ4v) is 3.11. The summed E-state index contributed by atoms with van der Waals surface area (Å²) in [5.41, 5.74) is 2.83. The molecule has 0 saturated carbocycles. The maximum atomic E-state index is 6.12. The lowest BCUT2D eigenvalue weighted by Gasteiger charge is -2.25. The Balaban J connectivity index is 1.67. The first kappa shape index (κ1) is 18.7. The normalized spacial score (nSPS) is 18.8. The number of hydrogen-bond donors (Lipinski definition) is 2. The van der Waals surface area contributed by atoms with Gasteiger partial charge in [-0.15, -0.1) is 0 Å². The molecule has 134 valence electrons. The first-order valence-electron chi connectivity index (χ1n) is 8.90. The van der Waals surface area contributed by atoms with Gasteiger partial charge in [-0.3, -0.25) is 4.99 Å². The van der Waals surface area contributed by atoms with Crippen LogP contribution in [-0.2, 0) is 15.9 Å². The Bertz CT molecular complexity index is 519. The largest absolute Gasteiger partial charge is 0.383 e. The highest BCUT2D eigenvalue weighted by Gasteiger charge is 2.19. The molecule has 0 fully saturated rings. The molecule has 2 unspecified atom stereocenters. The Morgan fingerprint density at radius 1 is 1.38 bits per heavy atom. The number of ether oxygens (including phenoxy) is 2. The maximum Gasteiger partial charge on any atom is 0.191 e. The molecule has 1 aromatic carbocycles. The van der Waals surface area contributed by atoms with Crippen LogP contribution < -0.4 is 10.6 Å². The summed E-state index contributed by atoms with van der Waals surface area (Å²) in [5, 5.41) is 6.61. The molecule has 5 nitrogen and oxygen atoms in total. The number of nitrogens with one attached hydrogen (secondary N) is 2. The third-order valence-corrected chi connectivity index (χ3v) is 4.27. The van der Waals surface area contributed by atoms with Gasteiger partial charge in [0.15, 0.2) is 5.96 Å². The zero-order valence-electron chi connectivity index (χ0n) is 15.2. The fraction of sp³-hybridized carbons (Fsp3) is 0.632. The first-order valence-corrected chi connectivity index (χ1v) is 8.90. The Hall–Kier alpha value is -1.59. The molecule has 0 spiro atoms. The van der Waals surface area contributed by atoms with Crippen molar-refractivity contribution < 1.29 is 9.47 Å². The predicted molar refractivity (Wildman–Crippen MR) is 98.5 cm³/mol. The molecule has 1 aromatic rings. The van der Waals surface area contributed by atoms with Crippen molar-refractivity contribution in [1.82, 2.24) is 10.6 Å². The molecule has 1 aliphatic carbocycles. The van der Waals surface area contributed by atoms with Gasteiger partial charge in [-0.05, 0) is 43.7 Å². The summed E-state index contributed by atoms with van der Waals surface area (Å²) in [5.74, 6) is 0.808. The van der Waals surface area contributed by atoms with Gasteiger partial charge in [-0.1, -0.05) is 24.3 Å². The summed E-state index contributed by atoms with van der Waals surface area (Å²) in [6, 6.07) is 8.90. The highest BCUT2D eigenvalue weighted by atomic mass is 16.5. The second kappa shape index (κ2) is 10.3. The van der Waals surface area contributed by atoms with Gasteiger partial charge in [0.25, 0.3) is 0 Å². The van der Waals surface area contributed by atoms with E-state index in [4.69, 9.17) is 9.47 Å². The number of hydrogen-bond acceptors (Lipinski definition) is 3. The number of benzene rings is 1. The van der Waals surface area contributed by atoms with Gasteiger partial charge in [-0.2, -0.15) is 0 Å². The van der Waals surface area contributed by atoms with E-state index in [9.17, 15) is 0 Å². The van der Waals surface area contributed by atoms with Crippen molar-refractivity contribution >= 4 is 5.96 Å². The Morgan fingerprint density at radius 3 is 3.00 bits per heavy atom. The molecular weight excluding hydrogens is 302 g/mol. The molecular formula is C19H31N3O2. The summed E-state index contributed by atoms with van der Waals surface area (Å²) >= 11 is 0. The summed E-state index contributed by atoms with van der Waals surface area (Å²) in [6.07, 6.45) is 4.74. The number of nitrogens with zero attached hydrogens (tertiary/aromatic N) is 1. The highest BCUT2D eigenvalue weighted by Crippen LogP contribution is 2.32. The van der Waals surface area contributed by atoms with E-state index in [2.05, 4.69) is 46.8 Å². The number of fused-ring (bicyclic) bond motifs is 1. The van der Waals surface area contributed by atoms with Crippen LogP contribution in [0.4, 0.5) is 0 Å². The predicted octanol–water partition coefficient (Wildman–Crippen LogP) is 2.67. The molecule has 2 rings (SSSR count). The van der Waals surface area contributed by atoms with E-state index in [1.54, 1.807) is 14.2 Å². The molecule has 5 heteroatoms. The monoisotopic (exact) mass is 333 g/mol. The van der Waals surface area contributed by atoms with E-state index < -0.39 is 0 Å². The van der Waals surface area contributed by atoms with Crippen LogP contribution in [0.3, 0.4) is 0 Å². The second-order valence-corrected chi connectivity index (χ2v) is 6.30. The van der Waals surface area contributed by atoms with Gasteiger partial charge in [-0.25, -0.2) is 0 Å². The number of rotatable bonds is 8. The van der Waals surface area contributed by atoms with Crippen LogP contribution in [0.15, 0.2) is 29.3 Å². The van der Waals surface area contributed by atoms with E-state index >= 15 is 0 Å². The number of aliphatic imine (C=N–C) groups is 1. The Labute approximate surface area is 145 Å². The summed E-state index contributed by atoms with van der Waals surface area (Å²) in [7, 11) is 3.49. The number of guanidine groups is 1. The molecule has 0 aliphatic heterocycles. The molecule has 24 heavy (non-hydrogen) atoms. The minimum Gasteiger partial charge on any atom is -0.383 e. The molecule has 0 bridgehead atoms. The van der Waals surface area contributed by atoms with Crippen molar-refractivity contribution in [3.05, 3.63) is 35.4 Å². The molecule has 0 saturated heterocycles. The quantitative estimate of drug-likeness (QED) is 0.436. The van der Waals surface area contributed by atoms with Crippen molar-refractivity contribution in [1.29, 1.82) is 0 Å². The van der Waals surface area contributed by atoms with Crippen molar-refractivity contribution in [3.8, 4) is 0 Å². The van der Waals surface area contributed by atoms with Gasteiger partial charge in [0.05, 0.1) is 12.7 Å². The summed E-state index contributed by atoms with van der Waals surface area (Å²) < 4.78 is 11.2. The zero-order valence-corrected chi connectivity index (χ0v) is 15.2. The molecule has 0 aromatic heterocycles. The molecule has 0 amide bonds. The van der Waals surface area contributed by atoms with Crippen molar-refractivity contribution in [2.75, 3.05) is 33.9 Å². The average molecular weight is 333 g/mol. The van der Waals surface area contributed by atoms with E-state index in [0.29, 0.717) is 6.61 Å². The molecule has 2 atom stereocenters. The van der Waals surface area contributed by atoms with Gasteiger partial charge in [0, 0.05) is 33.4 Å². The topological polar surface area (TPSA) is 54.9 Å². The summed E-state index contributed by atoms with van der Waals surface area (Å²) in [6.45, 7) is 4.33. The lowest BCUT2D eigenvalue weighted by molar-refractivity contribution is 0.0398. The SMILES string of the molecule is CN=C(NCCCOC1CCCc2ccccc21)NC(C)COC. The average Bonchev–Trinajstić information content (AvgIpc) is 2.60. The second-order valence-electron chi connectivity index (χ2n) is 6.30. The van der Waals surface area contributed by atoms with Crippen LogP contribution in [0.5, 0.6) is 0 Å². The van der Waals surface area contributed by atoms with Gasteiger partial charge in [0.1, 0.15) is 0 Å². The van der Waals surface area contributed by atoms with Crippen LogP contribution in [0.2, 0.25) is 0 Å². The van der Waals surface area contributed by atoms with Crippen molar-refractivity contribution in [2.45, 2.75) is 44.8 Å². The smallest absolute Gasteiger partial charge is 0.191 e. The van der Waals surface area contributed by atoms with Crippen LogP contribution >= 0.6 is 0 Å². The maximum absolute atomic E-state index is 6.12.